The van der Waals surface area contributed by atoms with Gasteiger partial charge < -0.3 is 9.15 Å². The van der Waals surface area contributed by atoms with Gasteiger partial charge in [-0.3, -0.25) is 4.57 Å². The van der Waals surface area contributed by atoms with E-state index < -0.39 is 0 Å². The van der Waals surface area contributed by atoms with Gasteiger partial charge in [-0.2, -0.15) is 0 Å². The minimum Gasteiger partial charge on any atom is -0.497 e. The molecule has 0 N–H and O–H groups in total. The molecule has 1 heterocycles. The van der Waals surface area contributed by atoms with Gasteiger partial charge in [0.05, 0.1) is 19.3 Å². The number of methoxy groups -OCH3 is 1. The van der Waals surface area contributed by atoms with E-state index in [2.05, 4.69) is 0 Å². The number of hydrogen-bond acceptors (Lipinski definition) is 3. The number of oxazole rings is 1. The number of nitrogens with zero attached hydrogens (tertiary/aromatic N) is 1. The number of aromatic nitrogens is 1. The third kappa shape index (κ3) is 2.68. The molecule has 3 rings (SSSR count). The van der Waals surface area contributed by atoms with Crippen LogP contribution in [0.15, 0.2) is 70.0 Å². The quantitative estimate of drug-likeness (QED) is 0.736. The van der Waals surface area contributed by atoms with Crippen LogP contribution in [-0.4, -0.2) is 11.7 Å². The molecular formula is C18H17NO3. The SMILES string of the molecule is COc1ccc(-c2cn(C(C)c3ccccc3)c(=O)o2)cc1. The van der Waals surface area contributed by atoms with Crippen molar-refractivity contribution in [1.29, 1.82) is 0 Å². The smallest absolute Gasteiger partial charge is 0.420 e. The summed E-state index contributed by atoms with van der Waals surface area (Å²) in [5.41, 5.74) is 1.91. The predicted octanol–water partition coefficient (Wildman–Crippen LogP) is 3.73. The molecule has 0 aliphatic carbocycles. The van der Waals surface area contributed by atoms with Gasteiger partial charge in [0.15, 0.2) is 5.76 Å². The fourth-order valence-electron chi connectivity index (χ4n) is 2.40. The van der Waals surface area contributed by atoms with E-state index in [4.69, 9.17) is 9.15 Å². The largest absolute Gasteiger partial charge is 0.497 e. The minimum absolute atomic E-state index is 0.0792. The third-order valence-electron chi connectivity index (χ3n) is 3.74. The molecule has 0 saturated carbocycles. The molecule has 1 unspecified atom stereocenters. The highest BCUT2D eigenvalue weighted by Crippen LogP contribution is 2.24. The Labute approximate surface area is 128 Å². The van der Waals surface area contributed by atoms with E-state index in [0.717, 1.165) is 16.9 Å². The van der Waals surface area contributed by atoms with Crippen molar-refractivity contribution >= 4 is 0 Å². The molecule has 0 amide bonds. The first-order valence-electron chi connectivity index (χ1n) is 7.10. The first-order chi connectivity index (χ1) is 10.7. The van der Waals surface area contributed by atoms with Gasteiger partial charge in [0.1, 0.15) is 5.75 Å². The van der Waals surface area contributed by atoms with Crippen LogP contribution in [0.1, 0.15) is 18.5 Å². The molecule has 112 valence electrons. The fourth-order valence-corrected chi connectivity index (χ4v) is 2.40. The lowest BCUT2D eigenvalue weighted by molar-refractivity contribution is 0.415. The summed E-state index contributed by atoms with van der Waals surface area (Å²) in [6.45, 7) is 1.98. The number of hydrogen-bond donors (Lipinski definition) is 0. The zero-order valence-corrected chi connectivity index (χ0v) is 12.5. The van der Waals surface area contributed by atoms with Crippen molar-refractivity contribution in [2.24, 2.45) is 0 Å². The van der Waals surface area contributed by atoms with E-state index in [1.807, 2.05) is 61.5 Å². The average Bonchev–Trinajstić information content (AvgIpc) is 2.97. The van der Waals surface area contributed by atoms with Crippen LogP contribution in [0.2, 0.25) is 0 Å². The summed E-state index contributed by atoms with van der Waals surface area (Å²) in [6, 6.07) is 17.2. The van der Waals surface area contributed by atoms with Crippen molar-refractivity contribution in [3.8, 4) is 17.1 Å². The molecule has 4 heteroatoms. The van der Waals surface area contributed by atoms with Gasteiger partial charge in [0, 0.05) is 5.56 Å². The lowest BCUT2D eigenvalue weighted by atomic mass is 10.1. The highest BCUT2D eigenvalue weighted by atomic mass is 16.5. The summed E-state index contributed by atoms with van der Waals surface area (Å²) in [7, 11) is 1.62. The maximum Gasteiger partial charge on any atom is 0.420 e. The van der Waals surface area contributed by atoms with Gasteiger partial charge in [-0.1, -0.05) is 30.3 Å². The molecule has 22 heavy (non-hydrogen) atoms. The van der Waals surface area contributed by atoms with E-state index in [1.165, 1.54) is 0 Å². The summed E-state index contributed by atoms with van der Waals surface area (Å²) in [5, 5.41) is 0. The predicted molar refractivity (Wildman–Crippen MR) is 85.2 cm³/mol. The molecule has 0 radical (unpaired) electrons. The van der Waals surface area contributed by atoms with Crippen LogP contribution in [-0.2, 0) is 0 Å². The van der Waals surface area contributed by atoms with Crippen molar-refractivity contribution in [3.05, 3.63) is 76.9 Å². The molecule has 0 spiro atoms. The first-order valence-corrected chi connectivity index (χ1v) is 7.10. The molecule has 2 aromatic carbocycles. The summed E-state index contributed by atoms with van der Waals surface area (Å²) in [6.07, 6.45) is 1.75. The molecule has 3 aromatic rings. The Hall–Kier alpha value is -2.75. The summed E-state index contributed by atoms with van der Waals surface area (Å²) < 4.78 is 12.1. The maximum absolute atomic E-state index is 12.1. The zero-order chi connectivity index (χ0) is 15.5. The van der Waals surface area contributed by atoms with Crippen LogP contribution >= 0.6 is 0 Å². The lowest BCUT2D eigenvalue weighted by Gasteiger charge is -2.11. The van der Waals surface area contributed by atoms with E-state index in [-0.39, 0.29) is 11.8 Å². The highest BCUT2D eigenvalue weighted by Gasteiger charge is 2.14. The molecule has 0 bridgehead atoms. The van der Waals surface area contributed by atoms with E-state index in [1.54, 1.807) is 17.9 Å². The van der Waals surface area contributed by atoms with Gasteiger partial charge >= 0.3 is 5.76 Å². The standard InChI is InChI=1S/C18H17NO3/c1-13(14-6-4-3-5-7-14)19-12-17(22-18(19)20)15-8-10-16(21-2)11-9-15/h3-13H,1-2H3. The Bertz CT molecular complexity index is 800. The average molecular weight is 295 g/mol. The van der Waals surface area contributed by atoms with E-state index in [9.17, 15) is 4.79 Å². The van der Waals surface area contributed by atoms with Crippen LogP contribution in [0.5, 0.6) is 5.75 Å². The second-order valence-electron chi connectivity index (χ2n) is 5.08. The number of ether oxygens (including phenoxy) is 1. The molecule has 0 aliphatic heterocycles. The Balaban J connectivity index is 1.95. The highest BCUT2D eigenvalue weighted by molar-refractivity contribution is 5.57. The molecule has 0 saturated heterocycles. The van der Waals surface area contributed by atoms with Crippen molar-refractivity contribution in [2.75, 3.05) is 7.11 Å². The van der Waals surface area contributed by atoms with Gasteiger partial charge in [0.2, 0.25) is 0 Å². The van der Waals surface area contributed by atoms with Gasteiger partial charge in [-0.25, -0.2) is 4.79 Å². The van der Waals surface area contributed by atoms with Crippen LogP contribution in [0, 0.1) is 0 Å². The first kappa shape index (κ1) is 14.2. The topological polar surface area (TPSA) is 44.4 Å². The van der Waals surface area contributed by atoms with Gasteiger partial charge in [-0.15, -0.1) is 0 Å². The second-order valence-corrected chi connectivity index (χ2v) is 5.08. The van der Waals surface area contributed by atoms with Crippen molar-refractivity contribution in [2.45, 2.75) is 13.0 Å². The number of benzene rings is 2. The fraction of sp³-hybridized carbons (Fsp3) is 0.167. The Morgan fingerprint density at radius 3 is 2.36 bits per heavy atom. The summed E-state index contributed by atoms with van der Waals surface area (Å²) in [4.78, 5) is 12.1. The van der Waals surface area contributed by atoms with E-state index in [0.29, 0.717) is 5.76 Å². The van der Waals surface area contributed by atoms with Crippen LogP contribution in [0.4, 0.5) is 0 Å². The Kier molecular flexibility index (Phi) is 3.83. The summed E-state index contributed by atoms with van der Waals surface area (Å²) >= 11 is 0. The van der Waals surface area contributed by atoms with Crippen molar-refractivity contribution < 1.29 is 9.15 Å². The molecule has 1 aromatic heterocycles. The lowest BCUT2D eigenvalue weighted by Crippen LogP contribution is -2.18. The molecule has 1 atom stereocenters. The van der Waals surface area contributed by atoms with Crippen molar-refractivity contribution in [1.82, 2.24) is 4.57 Å². The molecule has 0 fully saturated rings. The van der Waals surface area contributed by atoms with Gasteiger partial charge in [0.25, 0.3) is 0 Å². The zero-order valence-electron chi connectivity index (χ0n) is 12.5. The Morgan fingerprint density at radius 2 is 1.73 bits per heavy atom. The molecule has 4 nitrogen and oxygen atoms in total. The van der Waals surface area contributed by atoms with E-state index >= 15 is 0 Å². The maximum atomic E-state index is 12.1. The van der Waals surface area contributed by atoms with Crippen LogP contribution in [0.3, 0.4) is 0 Å². The van der Waals surface area contributed by atoms with Crippen LogP contribution < -0.4 is 10.5 Å². The normalized spacial score (nSPS) is 12.1. The summed E-state index contributed by atoms with van der Waals surface area (Å²) in [5.74, 6) is 0.959. The third-order valence-corrected chi connectivity index (χ3v) is 3.74. The molecular weight excluding hydrogens is 278 g/mol. The molecule has 0 aliphatic rings. The minimum atomic E-state index is -0.359. The Morgan fingerprint density at radius 1 is 1.05 bits per heavy atom. The monoisotopic (exact) mass is 295 g/mol. The second kappa shape index (κ2) is 5.93. The number of rotatable bonds is 4. The van der Waals surface area contributed by atoms with Crippen LogP contribution in [0.25, 0.3) is 11.3 Å². The van der Waals surface area contributed by atoms with Gasteiger partial charge in [-0.05, 0) is 36.8 Å². The van der Waals surface area contributed by atoms with Crippen molar-refractivity contribution in [3.63, 3.8) is 0 Å².